The van der Waals surface area contributed by atoms with E-state index in [1.54, 1.807) is 0 Å². The summed E-state index contributed by atoms with van der Waals surface area (Å²) in [4.78, 5) is 50.9. The van der Waals surface area contributed by atoms with Crippen LogP contribution in [0.1, 0.15) is 13.3 Å². The number of aliphatic hydroxyl groups excluding tert-OH is 1. The Morgan fingerprint density at radius 3 is 2.24 bits per heavy atom. The Hall–Kier alpha value is -3.60. The summed E-state index contributed by atoms with van der Waals surface area (Å²) >= 11 is 0. The van der Waals surface area contributed by atoms with Gasteiger partial charge in [0.2, 0.25) is 5.91 Å². The maximum atomic E-state index is 12.8. The lowest BCUT2D eigenvalue weighted by molar-refractivity contribution is -0.162. The van der Waals surface area contributed by atoms with Gasteiger partial charge >= 0.3 is 18.2 Å². The molecule has 2 rings (SSSR count). The Morgan fingerprint density at radius 1 is 1.09 bits per heavy atom. The predicted molar refractivity (Wildman–Crippen MR) is 117 cm³/mol. The van der Waals surface area contributed by atoms with Crippen LogP contribution in [0.25, 0.3) is 0 Å². The minimum absolute atomic E-state index is 0.0203. The smallest absolute Gasteiger partial charge is 0.407 e. The molecule has 1 fully saturated rings. The van der Waals surface area contributed by atoms with Crippen LogP contribution in [-0.4, -0.2) is 78.6 Å². The van der Waals surface area contributed by atoms with Crippen molar-refractivity contribution in [1.82, 2.24) is 15.5 Å². The van der Waals surface area contributed by atoms with E-state index >= 15 is 0 Å². The van der Waals surface area contributed by atoms with E-state index in [4.69, 9.17) is 14.2 Å². The molecule has 33 heavy (non-hydrogen) atoms. The Balaban J connectivity index is 2.35. The molecule has 0 aliphatic carbocycles. The van der Waals surface area contributed by atoms with Crippen LogP contribution < -0.4 is 10.6 Å². The molecule has 0 spiro atoms. The SMILES string of the molecule is C=CCOC(=O)NC[C@@H](NC(=O)OCC=C)C1=C(C(=O)OCC=C)N2C(=O)[C@H]([C@@H](C)O)[C@H]2C1. The Morgan fingerprint density at radius 2 is 1.67 bits per heavy atom. The number of nitrogens with zero attached hydrogens (tertiary/aromatic N) is 1. The molecule has 0 radical (unpaired) electrons. The van der Waals surface area contributed by atoms with Crippen LogP contribution in [0.4, 0.5) is 9.59 Å². The summed E-state index contributed by atoms with van der Waals surface area (Å²) in [6, 6.07) is -1.42. The van der Waals surface area contributed by atoms with Gasteiger partial charge in [0.15, 0.2) is 0 Å². The summed E-state index contributed by atoms with van der Waals surface area (Å²) in [6.07, 6.45) is 1.80. The molecular weight excluding hydrogens is 434 g/mol. The fraction of sp³-hybridized carbons (Fsp3) is 0.455. The fourth-order valence-corrected chi connectivity index (χ4v) is 3.76. The fourth-order valence-electron chi connectivity index (χ4n) is 3.76. The summed E-state index contributed by atoms with van der Waals surface area (Å²) in [7, 11) is 0. The van der Waals surface area contributed by atoms with Crippen molar-refractivity contribution in [3.05, 3.63) is 49.2 Å². The monoisotopic (exact) mass is 463 g/mol. The Bertz CT molecular complexity index is 851. The number of ether oxygens (including phenoxy) is 3. The first kappa shape index (κ1) is 25.7. The van der Waals surface area contributed by atoms with Crippen LogP contribution in [0.3, 0.4) is 0 Å². The maximum Gasteiger partial charge on any atom is 0.407 e. The third-order valence-electron chi connectivity index (χ3n) is 5.12. The van der Waals surface area contributed by atoms with Gasteiger partial charge in [-0.2, -0.15) is 0 Å². The lowest BCUT2D eigenvalue weighted by Gasteiger charge is -2.44. The molecule has 2 aliphatic rings. The van der Waals surface area contributed by atoms with Gasteiger partial charge < -0.3 is 34.9 Å². The van der Waals surface area contributed by atoms with Gasteiger partial charge in [-0.15, -0.1) is 0 Å². The molecule has 1 saturated heterocycles. The number of hydrogen-bond acceptors (Lipinski definition) is 8. The average Bonchev–Trinajstić information content (AvgIpc) is 3.11. The zero-order valence-electron chi connectivity index (χ0n) is 18.5. The second-order valence-electron chi connectivity index (χ2n) is 7.36. The topological polar surface area (TPSA) is 144 Å². The molecule has 0 bridgehead atoms. The van der Waals surface area contributed by atoms with Gasteiger partial charge in [0.05, 0.1) is 24.1 Å². The summed E-state index contributed by atoms with van der Waals surface area (Å²) in [6.45, 7) is 11.6. The number of esters is 1. The van der Waals surface area contributed by atoms with Crippen molar-refractivity contribution in [2.45, 2.75) is 31.5 Å². The van der Waals surface area contributed by atoms with E-state index in [1.165, 1.54) is 30.1 Å². The van der Waals surface area contributed by atoms with Crippen LogP contribution >= 0.6 is 0 Å². The zero-order valence-corrected chi connectivity index (χ0v) is 18.5. The molecule has 0 saturated carbocycles. The molecule has 3 N–H and O–H groups in total. The number of fused-ring (bicyclic) bond motifs is 1. The molecule has 11 heteroatoms. The van der Waals surface area contributed by atoms with Gasteiger partial charge in [-0.25, -0.2) is 14.4 Å². The number of aliphatic hydroxyl groups is 1. The quantitative estimate of drug-likeness (QED) is 0.167. The van der Waals surface area contributed by atoms with Crippen molar-refractivity contribution in [1.29, 1.82) is 0 Å². The van der Waals surface area contributed by atoms with Crippen molar-refractivity contribution in [3.8, 4) is 0 Å². The van der Waals surface area contributed by atoms with Crippen LogP contribution in [0.15, 0.2) is 49.2 Å². The van der Waals surface area contributed by atoms with Gasteiger partial charge in [-0.3, -0.25) is 4.79 Å². The number of carbonyl (C=O) groups is 4. The number of amides is 3. The summed E-state index contributed by atoms with van der Waals surface area (Å²) < 4.78 is 15.0. The van der Waals surface area contributed by atoms with E-state index in [9.17, 15) is 24.3 Å². The lowest BCUT2D eigenvalue weighted by atomic mass is 9.82. The number of nitrogens with one attached hydrogen (secondary N) is 2. The van der Waals surface area contributed by atoms with Crippen molar-refractivity contribution in [2.24, 2.45) is 5.92 Å². The standard InChI is InChI=1S/C22H29N3O8/c1-5-8-31-20(28)18-14(11-16-17(13(4)26)19(27)25(16)18)15(24-22(30)33-10-7-3)12-23-21(29)32-9-6-2/h5-7,13,15-17,26H,1-3,8-12H2,4H3,(H,23,29)(H,24,30)/t13-,15-,16-,17-/m1/s1. The number of carbonyl (C=O) groups excluding carboxylic acids is 4. The second-order valence-corrected chi connectivity index (χ2v) is 7.36. The maximum absolute atomic E-state index is 12.8. The zero-order chi connectivity index (χ0) is 24.5. The molecule has 0 aromatic rings. The van der Waals surface area contributed by atoms with Gasteiger partial charge in [0.25, 0.3) is 0 Å². The van der Waals surface area contributed by atoms with Crippen LogP contribution in [-0.2, 0) is 23.8 Å². The molecule has 180 valence electrons. The number of rotatable bonds is 12. The number of alkyl carbamates (subject to hydrolysis) is 2. The normalized spacial score (nSPS) is 20.5. The van der Waals surface area contributed by atoms with E-state index in [0.29, 0.717) is 5.57 Å². The van der Waals surface area contributed by atoms with Crippen LogP contribution in [0.5, 0.6) is 0 Å². The number of hydrogen-bond donors (Lipinski definition) is 3. The highest BCUT2D eigenvalue weighted by Gasteiger charge is 2.57. The summed E-state index contributed by atoms with van der Waals surface area (Å²) in [5, 5.41) is 15.1. The Kier molecular flexibility index (Phi) is 9.22. The highest BCUT2D eigenvalue weighted by Crippen LogP contribution is 2.44. The minimum Gasteiger partial charge on any atom is -0.457 e. The first-order valence-electron chi connectivity index (χ1n) is 10.3. The highest BCUT2D eigenvalue weighted by molar-refractivity contribution is 6.00. The molecule has 0 aromatic carbocycles. The van der Waals surface area contributed by atoms with Gasteiger partial charge in [-0.1, -0.05) is 38.0 Å². The van der Waals surface area contributed by atoms with E-state index in [0.717, 1.165) is 0 Å². The Labute approximate surface area is 191 Å². The molecule has 4 atom stereocenters. The van der Waals surface area contributed by atoms with Gasteiger partial charge in [-0.05, 0) is 18.9 Å². The molecule has 2 aliphatic heterocycles. The third-order valence-corrected chi connectivity index (χ3v) is 5.12. The highest BCUT2D eigenvalue weighted by atomic mass is 16.6. The van der Waals surface area contributed by atoms with E-state index in [1.807, 2.05) is 0 Å². The van der Waals surface area contributed by atoms with Crippen LogP contribution in [0.2, 0.25) is 0 Å². The first-order chi connectivity index (χ1) is 15.8. The van der Waals surface area contributed by atoms with Crippen molar-refractivity contribution in [2.75, 3.05) is 26.4 Å². The van der Waals surface area contributed by atoms with Crippen molar-refractivity contribution >= 4 is 24.1 Å². The molecular formula is C22H29N3O8. The van der Waals surface area contributed by atoms with E-state index < -0.39 is 48.2 Å². The molecule has 11 nitrogen and oxygen atoms in total. The van der Waals surface area contributed by atoms with Crippen molar-refractivity contribution < 1.29 is 38.5 Å². The molecule has 3 amide bonds. The third kappa shape index (κ3) is 6.01. The minimum atomic E-state index is -0.932. The van der Waals surface area contributed by atoms with Crippen molar-refractivity contribution in [3.63, 3.8) is 0 Å². The summed E-state index contributed by atoms with van der Waals surface area (Å²) in [5.41, 5.74) is 0.309. The average molecular weight is 463 g/mol. The molecule has 0 unspecified atom stereocenters. The molecule has 2 heterocycles. The number of β-lactam (4-membered cyclic amide) rings is 1. The second kappa shape index (κ2) is 11.9. The summed E-state index contributed by atoms with van der Waals surface area (Å²) in [5.74, 6) is -1.92. The largest absolute Gasteiger partial charge is 0.457 e. The van der Waals surface area contributed by atoms with E-state index in [-0.39, 0.29) is 38.5 Å². The van der Waals surface area contributed by atoms with Gasteiger partial charge in [0, 0.05) is 6.54 Å². The first-order valence-corrected chi connectivity index (χ1v) is 10.3. The van der Waals surface area contributed by atoms with E-state index in [2.05, 4.69) is 30.4 Å². The molecule has 0 aromatic heterocycles. The predicted octanol–water partition coefficient (Wildman–Crippen LogP) is 0.774. The lowest BCUT2D eigenvalue weighted by Crippen LogP contribution is -2.61. The van der Waals surface area contributed by atoms with Gasteiger partial charge in [0.1, 0.15) is 25.5 Å². The van der Waals surface area contributed by atoms with Crippen LogP contribution in [0, 0.1) is 5.92 Å².